The predicted octanol–water partition coefficient (Wildman–Crippen LogP) is 2.84. The fraction of sp³-hybridized carbons (Fsp3) is 0.417. The van der Waals surface area contributed by atoms with Crippen LogP contribution in [0.4, 0.5) is 5.95 Å². The van der Waals surface area contributed by atoms with Crippen LogP contribution >= 0.6 is 11.3 Å². The number of carbonyl (C=O) groups excluding carboxylic acids is 1. The van der Waals surface area contributed by atoms with Crippen LogP contribution in [-0.4, -0.2) is 59.8 Å². The van der Waals surface area contributed by atoms with Gasteiger partial charge in [0.2, 0.25) is 5.95 Å². The maximum atomic E-state index is 13.7. The molecule has 0 unspecified atom stereocenters. The first-order valence-electron chi connectivity index (χ1n) is 11.3. The lowest BCUT2D eigenvalue weighted by Crippen LogP contribution is -2.40. The number of hydrogen-bond donors (Lipinski definition) is 0. The van der Waals surface area contributed by atoms with Gasteiger partial charge in [0.05, 0.1) is 41.8 Å². The number of fused-ring (bicyclic) bond motifs is 1. The van der Waals surface area contributed by atoms with E-state index in [0.717, 1.165) is 37.9 Å². The summed E-state index contributed by atoms with van der Waals surface area (Å²) in [4.78, 5) is 36.0. The fourth-order valence-corrected chi connectivity index (χ4v) is 5.46. The number of hydrogen-bond acceptors (Lipinski definition) is 7. The summed E-state index contributed by atoms with van der Waals surface area (Å²) in [6.45, 7) is 4.09. The lowest BCUT2D eigenvalue weighted by atomic mass is 10.1. The number of anilines is 1. The predicted molar refractivity (Wildman–Crippen MR) is 127 cm³/mol. The first-order chi connectivity index (χ1) is 16.2. The van der Waals surface area contributed by atoms with Crippen LogP contribution in [0.15, 0.2) is 35.1 Å². The Bertz CT molecular complexity index is 1280. The van der Waals surface area contributed by atoms with Gasteiger partial charge in [-0.1, -0.05) is 18.2 Å². The average Bonchev–Trinajstić information content (AvgIpc) is 3.31. The van der Waals surface area contributed by atoms with Crippen molar-refractivity contribution in [3.8, 4) is 6.07 Å². The number of aromatic nitrogens is 2. The largest absolute Gasteiger partial charge is 0.378 e. The molecule has 4 heterocycles. The topological polar surface area (TPSA) is 91.5 Å². The minimum absolute atomic E-state index is 0.0819. The number of carbonyl (C=O) groups is 1. The van der Waals surface area contributed by atoms with Crippen molar-refractivity contribution in [2.45, 2.75) is 25.8 Å². The van der Waals surface area contributed by atoms with E-state index in [1.807, 2.05) is 18.2 Å². The van der Waals surface area contributed by atoms with Crippen molar-refractivity contribution in [3.05, 3.63) is 56.7 Å². The van der Waals surface area contributed by atoms with Crippen molar-refractivity contribution in [2.24, 2.45) is 0 Å². The molecule has 0 aliphatic carbocycles. The highest BCUT2D eigenvalue weighted by Gasteiger charge is 2.25. The normalized spacial score (nSPS) is 16.7. The van der Waals surface area contributed by atoms with Crippen LogP contribution < -0.4 is 10.5 Å². The van der Waals surface area contributed by atoms with Gasteiger partial charge >= 0.3 is 0 Å². The molecule has 2 aliphatic rings. The molecule has 0 atom stereocenters. The van der Waals surface area contributed by atoms with Gasteiger partial charge in [0.25, 0.3) is 11.5 Å². The third-order valence-electron chi connectivity index (χ3n) is 6.23. The summed E-state index contributed by atoms with van der Waals surface area (Å²) in [5.74, 6) is 0.532. The first-order valence-corrected chi connectivity index (χ1v) is 12.1. The van der Waals surface area contributed by atoms with Gasteiger partial charge in [-0.2, -0.15) is 5.26 Å². The monoisotopic (exact) mass is 463 g/mol. The van der Waals surface area contributed by atoms with Gasteiger partial charge in [-0.15, -0.1) is 11.3 Å². The highest BCUT2D eigenvalue weighted by atomic mass is 32.1. The van der Waals surface area contributed by atoms with Crippen LogP contribution in [0.2, 0.25) is 0 Å². The molecule has 33 heavy (non-hydrogen) atoms. The molecule has 2 saturated heterocycles. The number of benzene rings is 1. The van der Waals surface area contributed by atoms with E-state index < -0.39 is 0 Å². The maximum Gasteiger partial charge on any atom is 0.273 e. The van der Waals surface area contributed by atoms with Gasteiger partial charge in [0.15, 0.2) is 0 Å². The summed E-state index contributed by atoms with van der Waals surface area (Å²) in [5, 5.41) is 9.53. The molecule has 0 spiro atoms. The van der Waals surface area contributed by atoms with E-state index in [-0.39, 0.29) is 18.0 Å². The SMILES string of the molecule is N#Cc1ccccc1Cn1c(N2CCCCC2)nc2cc(C(=O)N3CCOCC3)sc2c1=O. The molecule has 1 aromatic carbocycles. The zero-order valence-electron chi connectivity index (χ0n) is 18.3. The number of nitrogens with zero attached hydrogens (tertiary/aromatic N) is 5. The van der Waals surface area contributed by atoms with Crippen LogP contribution in [0.5, 0.6) is 0 Å². The minimum Gasteiger partial charge on any atom is -0.378 e. The van der Waals surface area contributed by atoms with Crippen LogP contribution in [0.25, 0.3) is 10.2 Å². The van der Waals surface area contributed by atoms with Gasteiger partial charge in [-0.05, 0) is 37.0 Å². The zero-order chi connectivity index (χ0) is 22.8. The quantitative estimate of drug-likeness (QED) is 0.591. The molecule has 0 N–H and O–H groups in total. The summed E-state index contributed by atoms with van der Waals surface area (Å²) in [7, 11) is 0. The molecule has 0 radical (unpaired) electrons. The Kier molecular flexibility index (Phi) is 6.11. The molecule has 5 rings (SSSR count). The lowest BCUT2D eigenvalue weighted by molar-refractivity contribution is 0.0306. The number of morpholine rings is 1. The Morgan fingerprint density at radius 2 is 1.88 bits per heavy atom. The second-order valence-electron chi connectivity index (χ2n) is 8.35. The summed E-state index contributed by atoms with van der Waals surface area (Å²) < 4.78 is 7.50. The fourth-order valence-electron chi connectivity index (χ4n) is 4.44. The smallest absolute Gasteiger partial charge is 0.273 e. The van der Waals surface area contributed by atoms with E-state index in [9.17, 15) is 14.9 Å². The second-order valence-corrected chi connectivity index (χ2v) is 9.40. The molecule has 0 saturated carbocycles. The minimum atomic E-state index is -0.167. The van der Waals surface area contributed by atoms with Gasteiger partial charge in [0, 0.05) is 26.2 Å². The summed E-state index contributed by atoms with van der Waals surface area (Å²) in [6, 6.07) is 11.3. The van der Waals surface area contributed by atoms with E-state index in [0.29, 0.717) is 52.9 Å². The molecular formula is C24H25N5O3S. The molecular weight excluding hydrogens is 438 g/mol. The van der Waals surface area contributed by atoms with Crippen LogP contribution in [0.1, 0.15) is 40.1 Å². The van der Waals surface area contributed by atoms with Crippen molar-refractivity contribution < 1.29 is 9.53 Å². The van der Waals surface area contributed by atoms with Crippen molar-refractivity contribution in [1.29, 1.82) is 5.26 Å². The van der Waals surface area contributed by atoms with E-state index in [2.05, 4.69) is 11.0 Å². The number of amides is 1. The summed E-state index contributed by atoms with van der Waals surface area (Å²) >= 11 is 1.20. The maximum absolute atomic E-state index is 13.7. The van der Waals surface area contributed by atoms with Crippen molar-refractivity contribution in [1.82, 2.24) is 14.5 Å². The Balaban J connectivity index is 1.60. The number of piperidine rings is 1. The molecule has 1 amide bonds. The molecule has 0 bridgehead atoms. The van der Waals surface area contributed by atoms with Crippen LogP contribution in [0.3, 0.4) is 0 Å². The van der Waals surface area contributed by atoms with E-state index in [1.165, 1.54) is 11.3 Å². The molecule has 2 fully saturated rings. The zero-order valence-corrected chi connectivity index (χ0v) is 19.1. The Morgan fingerprint density at radius 3 is 2.64 bits per heavy atom. The Labute approximate surface area is 195 Å². The van der Waals surface area contributed by atoms with Gasteiger partial charge in [0.1, 0.15) is 4.70 Å². The van der Waals surface area contributed by atoms with Crippen LogP contribution in [0, 0.1) is 11.3 Å². The Hall–Kier alpha value is -3.22. The van der Waals surface area contributed by atoms with Gasteiger partial charge in [-0.25, -0.2) is 4.98 Å². The molecule has 2 aromatic heterocycles. The van der Waals surface area contributed by atoms with E-state index in [1.54, 1.807) is 21.6 Å². The molecule has 8 nitrogen and oxygen atoms in total. The molecule has 3 aromatic rings. The number of ether oxygens (including phenoxy) is 1. The standard InChI is InChI=1S/C24H25N5O3S/c25-15-17-6-2-3-7-18(17)16-29-23(31)21-19(26-24(29)28-8-4-1-5-9-28)14-20(33-21)22(30)27-10-12-32-13-11-27/h2-3,6-7,14H,1,4-5,8-13,16H2. The average molecular weight is 464 g/mol. The lowest BCUT2D eigenvalue weighted by Gasteiger charge is -2.29. The molecule has 170 valence electrons. The Morgan fingerprint density at radius 1 is 1.12 bits per heavy atom. The van der Waals surface area contributed by atoms with Gasteiger partial charge < -0.3 is 14.5 Å². The van der Waals surface area contributed by atoms with E-state index in [4.69, 9.17) is 9.72 Å². The van der Waals surface area contributed by atoms with E-state index >= 15 is 0 Å². The third-order valence-corrected chi connectivity index (χ3v) is 7.33. The van der Waals surface area contributed by atoms with Crippen molar-refractivity contribution in [3.63, 3.8) is 0 Å². The summed E-state index contributed by atoms with van der Waals surface area (Å²) in [6.07, 6.45) is 3.26. The third kappa shape index (κ3) is 4.24. The number of thiophene rings is 1. The van der Waals surface area contributed by atoms with Gasteiger partial charge in [-0.3, -0.25) is 14.2 Å². The molecule has 9 heteroatoms. The molecule has 2 aliphatic heterocycles. The van der Waals surface area contributed by atoms with Crippen molar-refractivity contribution in [2.75, 3.05) is 44.3 Å². The van der Waals surface area contributed by atoms with Crippen molar-refractivity contribution >= 4 is 33.4 Å². The first kappa shape index (κ1) is 21.6. The highest BCUT2D eigenvalue weighted by Crippen LogP contribution is 2.27. The van der Waals surface area contributed by atoms with Crippen LogP contribution in [-0.2, 0) is 11.3 Å². The second kappa shape index (κ2) is 9.33. The number of rotatable bonds is 4. The highest BCUT2D eigenvalue weighted by molar-refractivity contribution is 7.20. The summed E-state index contributed by atoms with van der Waals surface area (Å²) in [5.41, 5.74) is 1.72. The number of nitriles is 1.